The van der Waals surface area contributed by atoms with Gasteiger partial charge in [0.1, 0.15) is 12.4 Å². The monoisotopic (exact) mass is 408 g/mol. The molecule has 0 aromatic heterocycles. The van der Waals surface area contributed by atoms with Crippen LogP contribution in [-0.4, -0.2) is 41.8 Å². The highest BCUT2D eigenvalue weighted by molar-refractivity contribution is 5.94. The summed E-state index contributed by atoms with van der Waals surface area (Å²) in [5.41, 5.74) is 1.12. The summed E-state index contributed by atoms with van der Waals surface area (Å²) < 4.78 is 5.86. The van der Waals surface area contributed by atoms with Gasteiger partial charge in [0, 0.05) is 12.1 Å². The molecule has 5 heteroatoms. The molecule has 1 aliphatic heterocycles. The van der Waals surface area contributed by atoms with Crippen LogP contribution in [-0.2, 0) is 4.79 Å². The molecule has 1 amide bonds. The predicted molar refractivity (Wildman–Crippen MR) is 119 cm³/mol. The SMILES string of the molecule is CC(=O)c1ccc([C@H](C)NC(=O)C2(C)CCCCN2CCOc2ccccc2)cc1. The van der Waals surface area contributed by atoms with E-state index in [2.05, 4.69) is 10.2 Å². The lowest BCUT2D eigenvalue weighted by molar-refractivity contribution is -0.136. The van der Waals surface area contributed by atoms with Crippen LogP contribution >= 0.6 is 0 Å². The van der Waals surface area contributed by atoms with Crippen molar-refractivity contribution in [3.05, 3.63) is 65.7 Å². The summed E-state index contributed by atoms with van der Waals surface area (Å²) in [7, 11) is 0. The molecule has 160 valence electrons. The standard InChI is InChI=1S/C25H32N2O3/c1-19(21-11-13-22(14-12-21)20(2)28)26-24(29)25(3)15-7-8-16-27(25)17-18-30-23-9-5-4-6-10-23/h4-6,9-14,19H,7-8,15-18H2,1-3H3,(H,26,29)/t19-,25?/m0/s1. The molecule has 1 aliphatic rings. The molecule has 2 aromatic carbocycles. The summed E-state index contributed by atoms with van der Waals surface area (Å²) >= 11 is 0. The van der Waals surface area contributed by atoms with E-state index in [0.717, 1.165) is 37.1 Å². The van der Waals surface area contributed by atoms with Crippen molar-refractivity contribution in [1.29, 1.82) is 0 Å². The average molecular weight is 409 g/mol. The number of nitrogens with one attached hydrogen (secondary N) is 1. The Morgan fingerprint density at radius 3 is 2.47 bits per heavy atom. The third-order valence-corrected chi connectivity index (χ3v) is 6.07. The quantitative estimate of drug-likeness (QED) is 0.658. The van der Waals surface area contributed by atoms with Crippen molar-refractivity contribution in [2.45, 2.75) is 51.6 Å². The molecule has 1 unspecified atom stereocenters. The molecule has 5 nitrogen and oxygen atoms in total. The number of amides is 1. The summed E-state index contributed by atoms with van der Waals surface area (Å²) in [5.74, 6) is 0.940. The zero-order chi connectivity index (χ0) is 21.6. The second-order valence-corrected chi connectivity index (χ2v) is 8.25. The summed E-state index contributed by atoms with van der Waals surface area (Å²) in [6.45, 7) is 7.73. The molecule has 2 aromatic rings. The van der Waals surface area contributed by atoms with Crippen LogP contribution in [0.1, 0.15) is 62.0 Å². The van der Waals surface area contributed by atoms with Crippen LogP contribution in [0.15, 0.2) is 54.6 Å². The maximum atomic E-state index is 13.3. The van der Waals surface area contributed by atoms with Crippen LogP contribution in [0, 0.1) is 0 Å². The van der Waals surface area contributed by atoms with E-state index in [0.29, 0.717) is 18.7 Å². The zero-order valence-corrected chi connectivity index (χ0v) is 18.2. The first-order chi connectivity index (χ1) is 14.4. The van der Waals surface area contributed by atoms with E-state index in [1.807, 2.05) is 68.4 Å². The van der Waals surface area contributed by atoms with E-state index >= 15 is 0 Å². The van der Waals surface area contributed by atoms with Crippen LogP contribution in [0.25, 0.3) is 0 Å². The van der Waals surface area contributed by atoms with Gasteiger partial charge in [-0.1, -0.05) is 42.5 Å². The smallest absolute Gasteiger partial charge is 0.240 e. The van der Waals surface area contributed by atoms with Crippen molar-refractivity contribution >= 4 is 11.7 Å². The summed E-state index contributed by atoms with van der Waals surface area (Å²) in [4.78, 5) is 27.0. The number of likely N-dealkylation sites (tertiary alicyclic amines) is 1. The van der Waals surface area contributed by atoms with Gasteiger partial charge in [-0.2, -0.15) is 0 Å². The van der Waals surface area contributed by atoms with Gasteiger partial charge in [0.2, 0.25) is 5.91 Å². The van der Waals surface area contributed by atoms with Crippen LogP contribution < -0.4 is 10.1 Å². The van der Waals surface area contributed by atoms with Gasteiger partial charge in [0.05, 0.1) is 11.6 Å². The summed E-state index contributed by atoms with van der Waals surface area (Å²) in [6.07, 6.45) is 2.97. The van der Waals surface area contributed by atoms with Crippen molar-refractivity contribution in [3.63, 3.8) is 0 Å². The van der Waals surface area contributed by atoms with Gasteiger partial charge in [0.15, 0.2) is 5.78 Å². The lowest BCUT2D eigenvalue weighted by atomic mass is 9.87. The number of nitrogens with zero attached hydrogens (tertiary/aromatic N) is 1. The predicted octanol–water partition coefficient (Wildman–Crippen LogP) is 4.39. The minimum atomic E-state index is -0.550. The molecule has 0 bridgehead atoms. The molecule has 1 fully saturated rings. The van der Waals surface area contributed by atoms with E-state index in [9.17, 15) is 9.59 Å². The van der Waals surface area contributed by atoms with E-state index in [-0.39, 0.29) is 17.7 Å². The van der Waals surface area contributed by atoms with E-state index in [1.54, 1.807) is 6.92 Å². The minimum Gasteiger partial charge on any atom is -0.492 e. The van der Waals surface area contributed by atoms with Crippen molar-refractivity contribution in [3.8, 4) is 5.75 Å². The molecule has 2 atom stereocenters. The first kappa shape index (κ1) is 22.0. The number of hydrogen-bond acceptors (Lipinski definition) is 4. The minimum absolute atomic E-state index is 0.0429. The highest BCUT2D eigenvalue weighted by atomic mass is 16.5. The Balaban J connectivity index is 1.61. The van der Waals surface area contributed by atoms with Gasteiger partial charge in [0.25, 0.3) is 0 Å². The maximum absolute atomic E-state index is 13.3. The highest BCUT2D eigenvalue weighted by Gasteiger charge is 2.41. The third-order valence-electron chi connectivity index (χ3n) is 6.07. The number of ether oxygens (including phenoxy) is 1. The van der Waals surface area contributed by atoms with Crippen molar-refractivity contribution in [1.82, 2.24) is 10.2 Å². The van der Waals surface area contributed by atoms with E-state index in [1.165, 1.54) is 0 Å². The topological polar surface area (TPSA) is 58.6 Å². The zero-order valence-electron chi connectivity index (χ0n) is 18.2. The lowest BCUT2D eigenvalue weighted by Crippen LogP contribution is -2.60. The van der Waals surface area contributed by atoms with Crippen LogP contribution in [0.2, 0.25) is 0 Å². The van der Waals surface area contributed by atoms with Crippen LogP contribution in [0.4, 0.5) is 0 Å². The average Bonchev–Trinajstić information content (AvgIpc) is 2.76. The van der Waals surface area contributed by atoms with Gasteiger partial charge in [-0.25, -0.2) is 0 Å². The van der Waals surface area contributed by atoms with Gasteiger partial charge in [-0.15, -0.1) is 0 Å². The molecule has 1 N–H and O–H groups in total. The van der Waals surface area contributed by atoms with E-state index in [4.69, 9.17) is 4.74 Å². The van der Waals surface area contributed by atoms with Gasteiger partial charge in [-0.05, 0) is 64.3 Å². The molecule has 1 saturated heterocycles. The Kier molecular flexibility index (Phi) is 7.27. The molecular weight excluding hydrogens is 376 g/mol. The Hall–Kier alpha value is -2.66. The van der Waals surface area contributed by atoms with E-state index < -0.39 is 5.54 Å². The fourth-order valence-electron chi connectivity index (χ4n) is 4.02. The van der Waals surface area contributed by atoms with Gasteiger partial charge in [-0.3, -0.25) is 14.5 Å². The molecule has 3 rings (SSSR count). The number of ketones is 1. The number of Topliss-reactive ketones (excluding diaryl/α,β-unsaturated/α-hetero) is 1. The Morgan fingerprint density at radius 2 is 1.80 bits per heavy atom. The summed E-state index contributed by atoms with van der Waals surface area (Å²) in [5, 5.41) is 3.19. The largest absolute Gasteiger partial charge is 0.492 e. The third kappa shape index (κ3) is 5.28. The van der Waals surface area contributed by atoms with Crippen LogP contribution in [0.3, 0.4) is 0 Å². The fraction of sp³-hybridized carbons (Fsp3) is 0.440. The number of piperidine rings is 1. The number of benzene rings is 2. The Labute approximate surface area is 179 Å². The molecule has 0 saturated carbocycles. The first-order valence-corrected chi connectivity index (χ1v) is 10.7. The Morgan fingerprint density at radius 1 is 1.10 bits per heavy atom. The van der Waals surface area contributed by atoms with Crippen molar-refractivity contribution in [2.24, 2.45) is 0 Å². The number of carbonyl (C=O) groups excluding carboxylic acids is 2. The number of rotatable bonds is 8. The normalized spacial score (nSPS) is 20.4. The molecule has 1 heterocycles. The second kappa shape index (κ2) is 9.90. The highest BCUT2D eigenvalue weighted by Crippen LogP contribution is 2.29. The Bertz CT molecular complexity index is 850. The number of carbonyl (C=O) groups is 2. The lowest BCUT2D eigenvalue weighted by Gasteiger charge is -2.44. The molecule has 30 heavy (non-hydrogen) atoms. The molecule has 0 radical (unpaired) electrons. The van der Waals surface area contributed by atoms with Gasteiger partial charge < -0.3 is 10.1 Å². The number of hydrogen-bond donors (Lipinski definition) is 1. The molecular formula is C25H32N2O3. The first-order valence-electron chi connectivity index (χ1n) is 10.7. The number of para-hydroxylation sites is 1. The van der Waals surface area contributed by atoms with Crippen molar-refractivity contribution in [2.75, 3.05) is 19.7 Å². The second-order valence-electron chi connectivity index (χ2n) is 8.25. The summed E-state index contributed by atoms with van der Waals surface area (Å²) in [6, 6.07) is 17.1. The van der Waals surface area contributed by atoms with Crippen molar-refractivity contribution < 1.29 is 14.3 Å². The fourth-order valence-corrected chi connectivity index (χ4v) is 4.02. The van der Waals surface area contributed by atoms with Crippen LogP contribution in [0.5, 0.6) is 5.75 Å². The van der Waals surface area contributed by atoms with Gasteiger partial charge >= 0.3 is 0 Å². The molecule has 0 spiro atoms. The maximum Gasteiger partial charge on any atom is 0.240 e. The molecule has 0 aliphatic carbocycles.